The van der Waals surface area contributed by atoms with Crippen LogP contribution in [0.2, 0.25) is 15.1 Å². The molecule has 7 nitrogen and oxygen atoms in total. The Morgan fingerprint density at radius 2 is 1.78 bits per heavy atom. The number of anilines is 2. The molecule has 37 heavy (non-hydrogen) atoms. The van der Waals surface area contributed by atoms with E-state index in [-0.39, 0.29) is 5.91 Å². The van der Waals surface area contributed by atoms with Crippen LogP contribution in [0.25, 0.3) is 16.6 Å². The maximum atomic E-state index is 12.8. The molecule has 2 N–H and O–H groups in total. The standard InChI is InChI=1S/C27H26Cl3N5O2/c28-20-13-18(27(36)31-7-2-8-34-9-11-37-12-10-34)15-22(16-20)35-25-6-5-21(14-19(25)17-32-35)33-26-23(29)3-1-4-24(26)30/h1,3-6,13-17,33H,2,7-12H2,(H,31,36). The van der Waals surface area contributed by atoms with Crippen LogP contribution in [0, 0.1) is 0 Å². The fourth-order valence-electron chi connectivity index (χ4n) is 4.34. The number of aromatic nitrogens is 2. The smallest absolute Gasteiger partial charge is 0.251 e. The molecule has 192 valence electrons. The molecule has 0 radical (unpaired) electrons. The molecule has 0 aliphatic carbocycles. The Labute approximate surface area is 230 Å². The molecule has 1 amide bonds. The molecule has 0 atom stereocenters. The number of hydrogen-bond donors (Lipinski definition) is 2. The summed E-state index contributed by atoms with van der Waals surface area (Å²) in [5.74, 6) is -0.162. The van der Waals surface area contributed by atoms with E-state index in [0.29, 0.717) is 38.6 Å². The number of carbonyl (C=O) groups is 1. The quantitative estimate of drug-likeness (QED) is 0.253. The first-order valence-electron chi connectivity index (χ1n) is 12.1. The third-order valence-electron chi connectivity index (χ3n) is 6.23. The minimum atomic E-state index is -0.162. The monoisotopic (exact) mass is 557 g/mol. The van der Waals surface area contributed by atoms with Gasteiger partial charge in [-0.3, -0.25) is 9.69 Å². The predicted molar refractivity (Wildman–Crippen MR) is 150 cm³/mol. The number of nitrogens with zero attached hydrogens (tertiary/aromatic N) is 3. The van der Waals surface area contributed by atoms with Crippen LogP contribution in [-0.4, -0.2) is 60.0 Å². The molecule has 4 aromatic rings. The van der Waals surface area contributed by atoms with Crippen molar-refractivity contribution in [3.05, 3.63) is 81.4 Å². The second-order valence-corrected chi connectivity index (χ2v) is 10.1. The third-order valence-corrected chi connectivity index (χ3v) is 7.08. The van der Waals surface area contributed by atoms with Crippen molar-refractivity contribution >= 4 is 63.0 Å². The zero-order valence-electron chi connectivity index (χ0n) is 20.0. The van der Waals surface area contributed by atoms with E-state index in [9.17, 15) is 4.79 Å². The number of amides is 1. The molecule has 0 spiro atoms. The summed E-state index contributed by atoms with van der Waals surface area (Å²) in [5, 5.41) is 13.3. The molecule has 1 aliphatic rings. The lowest BCUT2D eigenvalue weighted by molar-refractivity contribution is 0.0374. The maximum Gasteiger partial charge on any atom is 0.251 e. The Morgan fingerprint density at radius 1 is 1.00 bits per heavy atom. The summed E-state index contributed by atoms with van der Waals surface area (Å²) in [6.45, 7) is 4.95. The van der Waals surface area contributed by atoms with Gasteiger partial charge < -0.3 is 15.4 Å². The SMILES string of the molecule is O=C(NCCCN1CCOCC1)c1cc(Cl)cc(-n2ncc3cc(Nc4c(Cl)cccc4Cl)ccc32)c1. The molecule has 1 aliphatic heterocycles. The number of para-hydroxylation sites is 1. The van der Waals surface area contributed by atoms with E-state index in [1.807, 2.05) is 18.2 Å². The number of nitrogens with one attached hydrogen (secondary N) is 2. The van der Waals surface area contributed by atoms with E-state index in [0.717, 1.165) is 55.9 Å². The van der Waals surface area contributed by atoms with E-state index in [4.69, 9.17) is 39.5 Å². The lowest BCUT2D eigenvalue weighted by atomic mass is 10.1. The number of rotatable bonds is 8. The highest BCUT2D eigenvalue weighted by atomic mass is 35.5. The molecule has 2 heterocycles. The van der Waals surface area contributed by atoms with Crippen LogP contribution < -0.4 is 10.6 Å². The Bertz CT molecular complexity index is 1400. The molecular weight excluding hydrogens is 533 g/mol. The summed E-state index contributed by atoms with van der Waals surface area (Å²) >= 11 is 19.0. The first-order valence-corrected chi connectivity index (χ1v) is 13.2. The van der Waals surface area contributed by atoms with E-state index in [2.05, 4.69) is 20.6 Å². The molecule has 0 unspecified atom stereocenters. The van der Waals surface area contributed by atoms with Crippen LogP contribution in [0.15, 0.2) is 60.8 Å². The fraction of sp³-hybridized carbons (Fsp3) is 0.259. The van der Waals surface area contributed by atoms with E-state index in [1.54, 1.807) is 47.3 Å². The van der Waals surface area contributed by atoms with Gasteiger partial charge in [-0.15, -0.1) is 0 Å². The molecule has 0 bridgehead atoms. The van der Waals surface area contributed by atoms with Crippen molar-refractivity contribution in [1.82, 2.24) is 20.0 Å². The zero-order chi connectivity index (χ0) is 25.8. The van der Waals surface area contributed by atoms with E-state index >= 15 is 0 Å². The summed E-state index contributed by atoms with van der Waals surface area (Å²) in [5.41, 5.74) is 3.54. The first-order chi connectivity index (χ1) is 18.0. The van der Waals surface area contributed by atoms with Gasteiger partial charge in [0.15, 0.2) is 0 Å². The van der Waals surface area contributed by atoms with Gasteiger partial charge in [0.25, 0.3) is 5.91 Å². The van der Waals surface area contributed by atoms with Gasteiger partial charge in [-0.05, 0) is 61.5 Å². The van der Waals surface area contributed by atoms with Crippen molar-refractivity contribution < 1.29 is 9.53 Å². The molecule has 5 rings (SSSR count). The highest BCUT2D eigenvalue weighted by molar-refractivity contribution is 6.39. The zero-order valence-corrected chi connectivity index (χ0v) is 22.3. The minimum absolute atomic E-state index is 0.162. The van der Waals surface area contributed by atoms with Crippen LogP contribution in [0.5, 0.6) is 0 Å². The van der Waals surface area contributed by atoms with Crippen LogP contribution in [-0.2, 0) is 4.74 Å². The Kier molecular flexibility index (Phi) is 8.17. The predicted octanol–water partition coefficient (Wildman–Crippen LogP) is 6.18. The fourth-order valence-corrected chi connectivity index (χ4v) is 5.06. The average molecular weight is 559 g/mol. The average Bonchev–Trinajstić information content (AvgIpc) is 3.32. The summed E-state index contributed by atoms with van der Waals surface area (Å²) in [6, 6.07) is 16.5. The molecule has 1 fully saturated rings. The van der Waals surface area contributed by atoms with Crippen molar-refractivity contribution in [2.45, 2.75) is 6.42 Å². The highest BCUT2D eigenvalue weighted by Crippen LogP contribution is 2.33. The van der Waals surface area contributed by atoms with Gasteiger partial charge >= 0.3 is 0 Å². The highest BCUT2D eigenvalue weighted by Gasteiger charge is 2.14. The van der Waals surface area contributed by atoms with Gasteiger partial charge in [-0.1, -0.05) is 40.9 Å². The van der Waals surface area contributed by atoms with Gasteiger partial charge in [0.1, 0.15) is 0 Å². The van der Waals surface area contributed by atoms with Crippen LogP contribution in [0.1, 0.15) is 16.8 Å². The maximum absolute atomic E-state index is 12.8. The number of morpholine rings is 1. The molecular formula is C27H26Cl3N5O2. The molecule has 10 heteroatoms. The molecule has 0 saturated carbocycles. The number of halogens is 3. The molecule has 3 aromatic carbocycles. The van der Waals surface area contributed by atoms with Crippen molar-refractivity contribution in [2.75, 3.05) is 44.7 Å². The normalized spacial score (nSPS) is 14.1. The number of fused-ring (bicyclic) bond motifs is 1. The van der Waals surface area contributed by atoms with Gasteiger partial charge in [0.05, 0.1) is 46.3 Å². The third kappa shape index (κ3) is 6.20. The molecule has 1 saturated heterocycles. The van der Waals surface area contributed by atoms with E-state index < -0.39 is 0 Å². The topological polar surface area (TPSA) is 71.4 Å². The summed E-state index contributed by atoms with van der Waals surface area (Å²) in [7, 11) is 0. The summed E-state index contributed by atoms with van der Waals surface area (Å²) < 4.78 is 7.14. The van der Waals surface area contributed by atoms with Gasteiger partial charge in [-0.25, -0.2) is 4.68 Å². The van der Waals surface area contributed by atoms with Crippen molar-refractivity contribution in [1.29, 1.82) is 0 Å². The van der Waals surface area contributed by atoms with Crippen molar-refractivity contribution in [2.24, 2.45) is 0 Å². The van der Waals surface area contributed by atoms with Crippen LogP contribution >= 0.6 is 34.8 Å². The number of carbonyl (C=O) groups excluding carboxylic acids is 1. The molecule has 1 aromatic heterocycles. The summed E-state index contributed by atoms with van der Waals surface area (Å²) in [4.78, 5) is 15.2. The van der Waals surface area contributed by atoms with Gasteiger partial charge in [0, 0.05) is 41.3 Å². The number of benzene rings is 3. The number of ether oxygens (including phenoxy) is 1. The van der Waals surface area contributed by atoms with Gasteiger partial charge in [-0.2, -0.15) is 5.10 Å². The first kappa shape index (κ1) is 25.8. The Morgan fingerprint density at radius 3 is 2.57 bits per heavy atom. The summed E-state index contributed by atoms with van der Waals surface area (Å²) in [6.07, 6.45) is 2.64. The Hall–Kier alpha value is -2.81. The second kappa shape index (κ2) is 11.7. The minimum Gasteiger partial charge on any atom is -0.379 e. The van der Waals surface area contributed by atoms with E-state index in [1.165, 1.54) is 0 Å². The Balaban J connectivity index is 1.29. The second-order valence-electron chi connectivity index (χ2n) is 8.81. The van der Waals surface area contributed by atoms with Crippen molar-refractivity contribution in [3.8, 4) is 5.69 Å². The largest absolute Gasteiger partial charge is 0.379 e. The lowest BCUT2D eigenvalue weighted by Gasteiger charge is -2.26. The lowest BCUT2D eigenvalue weighted by Crippen LogP contribution is -2.38. The van der Waals surface area contributed by atoms with Crippen LogP contribution in [0.4, 0.5) is 11.4 Å². The van der Waals surface area contributed by atoms with Crippen LogP contribution in [0.3, 0.4) is 0 Å². The van der Waals surface area contributed by atoms with Gasteiger partial charge in [0.2, 0.25) is 0 Å². The number of hydrogen-bond acceptors (Lipinski definition) is 5. The van der Waals surface area contributed by atoms with Crippen molar-refractivity contribution in [3.63, 3.8) is 0 Å².